The van der Waals surface area contributed by atoms with Crippen molar-refractivity contribution in [2.75, 3.05) is 0 Å². The summed E-state index contributed by atoms with van der Waals surface area (Å²) in [7, 11) is 0. The van der Waals surface area contributed by atoms with Crippen molar-refractivity contribution in [3.05, 3.63) is 52.6 Å². The normalized spacial score (nSPS) is 12.7. The molecule has 3 nitrogen and oxygen atoms in total. The van der Waals surface area contributed by atoms with Gasteiger partial charge in [0.05, 0.1) is 12.7 Å². The largest absolute Gasteiger partial charge is 0.324 e. The summed E-state index contributed by atoms with van der Waals surface area (Å²) in [5.74, 6) is -0.324. The molecule has 0 aliphatic heterocycles. The average molecular weight is 254 g/mol. The van der Waals surface area contributed by atoms with E-state index in [-0.39, 0.29) is 11.9 Å². The Bertz CT molecular complexity index is 502. The number of nitrogens with two attached hydrogens (primary N) is 1. The minimum absolute atomic E-state index is 0.0835. The molecule has 0 saturated heterocycles. The molecule has 0 amide bonds. The third kappa shape index (κ3) is 2.65. The summed E-state index contributed by atoms with van der Waals surface area (Å²) in [6.45, 7) is 2.18. The zero-order valence-corrected chi connectivity index (χ0v) is 10.2. The van der Waals surface area contributed by atoms with Crippen LogP contribution < -0.4 is 5.73 Å². The monoisotopic (exact) mass is 253 g/mol. The number of aromatic nitrogens is 2. The van der Waals surface area contributed by atoms with E-state index < -0.39 is 0 Å². The molecule has 0 radical (unpaired) electrons. The van der Waals surface area contributed by atoms with Gasteiger partial charge in [-0.3, -0.25) is 4.68 Å². The third-order valence-electron chi connectivity index (χ3n) is 2.56. The predicted octanol–water partition coefficient (Wildman–Crippen LogP) is 2.74. The SMILES string of the molecule is C[C@H](N)c1cnn(Cc2c(F)cccc2Cl)c1. The lowest BCUT2D eigenvalue weighted by Crippen LogP contribution is -2.05. The molecule has 0 bridgehead atoms. The first-order chi connectivity index (χ1) is 8.08. The fourth-order valence-corrected chi connectivity index (χ4v) is 1.77. The lowest BCUT2D eigenvalue weighted by atomic mass is 10.2. The molecule has 2 N–H and O–H groups in total. The van der Waals surface area contributed by atoms with Crippen molar-refractivity contribution in [2.45, 2.75) is 19.5 Å². The van der Waals surface area contributed by atoms with Crippen LogP contribution >= 0.6 is 11.6 Å². The second-order valence-electron chi connectivity index (χ2n) is 3.96. The van der Waals surface area contributed by atoms with Gasteiger partial charge in [-0.05, 0) is 19.1 Å². The van der Waals surface area contributed by atoms with Crippen LogP contribution in [-0.2, 0) is 6.54 Å². The fourth-order valence-electron chi connectivity index (χ4n) is 1.55. The smallest absolute Gasteiger partial charge is 0.129 e. The summed E-state index contributed by atoms with van der Waals surface area (Å²) in [6, 6.07) is 4.55. The van der Waals surface area contributed by atoms with Gasteiger partial charge in [0.1, 0.15) is 5.82 Å². The summed E-state index contributed by atoms with van der Waals surface area (Å²) < 4.78 is 15.2. The van der Waals surface area contributed by atoms with Crippen LogP contribution in [0.2, 0.25) is 5.02 Å². The number of hydrogen-bond donors (Lipinski definition) is 1. The first-order valence-corrected chi connectivity index (χ1v) is 5.66. The van der Waals surface area contributed by atoms with Crippen LogP contribution in [-0.4, -0.2) is 9.78 Å². The van der Waals surface area contributed by atoms with Crippen LogP contribution in [0.4, 0.5) is 4.39 Å². The molecule has 5 heteroatoms. The number of rotatable bonds is 3. The maximum atomic E-state index is 13.6. The summed E-state index contributed by atoms with van der Waals surface area (Å²) in [6.07, 6.45) is 3.48. The highest BCUT2D eigenvalue weighted by molar-refractivity contribution is 6.31. The van der Waals surface area contributed by atoms with Crippen molar-refractivity contribution in [1.29, 1.82) is 0 Å². The fraction of sp³-hybridized carbons (Fsp3) is 0.250. The Balaban J connectivity index is 2.25. The molecule has 1 heterocycles. The Morgan fingerprint density at radius 2 is 2.29 bits per heavy atom. The molecule has 0 fully saturated rings. The van der Waals surface area contributed by atoms with Gasteiger partial charge in [0.15, 0.2) is 0 Å². The van der Waals surface area contributed by atoms with E-state index in [1.54, 1.807) is 29.2 Å². The highest BCUT2D eigenvalue weighted by atomic mass is 35.5. The van der Waals surface area contributed by atoms with Crippen molar-refractivity contribution in [1.82, 2.24) is 9.78 Å². The van der Waals surface area contributed by atoms with Gasteiger partial charge < -0.3 is 5.73 Å². The van der Waals surface area contributed by atoms with Crippen molar-refractivity contribution >= 4 is 11.6 Å². The second-order valence-corrected chi connectivity index (χ2v) is 4.37. The third-order valence-corrected chi connectivity index (χ3v) is 2.91. The minimum Gasteiger partial charge on any atom is -0.324 e. The van der Waals surface area contributed by atoms with Crippen LogP contribution in [0.25, 0.3) is 0 Å². The van der Waals surface area contributed by atoms with E-state index in [9.17, 15) is 4.39 Å². The van der Waals surface area contributed by atoms with Crippen LogP contribution in [0.3, 0.4) is 0 Å². The van der Waals surface area contributed by atoms with Crippen LogP contribution in [0.15, 0.2) is 30.6 Å². The van der Waals surface area contributed by atoms with Gasteiger partial charge in [0, 0.05) is 28.4 Å². The Labute approximate surface area is 104 Å². The minimum atomic E-state index is -0.324. The van der Waals surface area contributed by atoms with Crippen LogP contribution in [0.1, 0.15) is 24.1 Å². The summed E-state index contributed by atoms with van der Waals surface area (Å²) >= 11 is 5.94. The van der Waals surface area contributed by atoms with Crippen LogP contribution in [0, 0.1) is 5.82 Å². The maximum absolute atomic E-state index is 13.6. The molecule has 1 aromatic heterocycles. The lowest BCUT2D eigenvalue weighted by molar-refractivity contribution is 0.585. The summed E-state index contributed by atoms with van der Waals surface area (Å²) in [4.78, 5) is 0. The Hall–Kier alpha value is -1.39. The standard InChI is InChI=1S/C12H13ClFN3/c1-8(15)9-5-16-17(6-9)7-10-11(13)3-2-4-12(10)14/h2-6,8H,7,15H2,1H3/t8-/m0/s1. The predicted molar refractivity (Wildman–Crippen MR) is 65.3 cm³/mol. The zero-order chi connectivity index (χ0) is 12.4. The van der Waals surface area contributed by atoms with Gasteiger partial charge in [-0.2, -0.15) is 5.10 Å². The highest BCUT2D eigenvalue weighted by Gasteiger charge is 2.09. The number of halogens is 2. The van der Waals surface area contributed by atoms with Gasteiger partial charge in [0.2, 0.25) is 0 Å². The molecule has 0 spiro atoms. The molecule has 1 atom stereocenters. The molecule has 0 aliphatic carbocycles. The highest BCUT2D eigenvalue weighted by Crippen LogP contribution is 2.20. The molecule has 90 valence electrons. The molecule has 1 aromatic carbocycles. The van der Waals surface area contributed by atoms with Crippen molar-refractivity contribution in [2.24, 2.45) is 5.73 Å². The molecule has 0 aliphatic rings. The molecular weight excluding hydrogens is 241 g/mol. The molecule has 17 heavy (non-hydrogen) atoms. The van der Waals surface area contributed by atoms with E-state index in [1.807, 2.05) is 6.92 Å². The summed E-state index contributed by atoms with van der Waals surface area (Å²) in [5.41, 5.74) is 7.08. The first kappa shape index (κ1) is 12.1. The van der Waals surface area contributed by atoms with E-state index in [0.29, 0.717) is 17.1 Å². The molecule has 2 aromatic rings. The van der Waals surface area contributed by atoms with Gasteiger partial charge in [-0.1, -0.05) is 17.7 Å². The van der Waals surface area contributed by atoms with E-state index in [4.69, 9.17) is 17.3 Å². The number of nitrogens with zero attached hydrogens (tertiary/aromatic N) is 2. The van der Waals surface area contributed by atoms with Crippen molar-refractivity contribution < 1.29 is 4.39 Å². The molecule has 0 unspecified atom stereocenters. The first-order valence-electron chi connectivity index (χ1n) is 5.28. The average Bonchev–Trinajstić information content (AvgIpc) is 2.72. The Morgan fingerprint density at radius 1 is 1.53 bits per heavy atom. The van der Waals surface area contributed by atoms with Crippen molar-refractivity contribution in [3.63, 3.8) is 0 Å². The molecule has 2 rings (SSSR count). The van der Waals surface area contributed by atoms with Gasteiger partial charge in [0.25, 0.3) is 0 Å². The second kappa shape index (κ2) is 4.85. The van der Waals surface area contributed by atoms with Gasteiger partial charge in [-0.15, -0.1) is 0 Å². The topological polar surface area (TPSA) is 43.8 Å². The van der Waals surface area contributed by atoms with E-state index >= 15 is 0 Å². The van der Waals surface area contributed by atoms with Crippen molar-refractivity contribution in [3.8, 4) is 0 Å². The van der Waals surface area contributed by atoms with Gasteiger partial charge >= 0.3 is 0 Å². The number of hydrogen-bond acceptors (Lipinski definition) is 2. The molecule has 0 saturated carbocycles. The van der Waals surface area contributed by atoms with Crippen LogP contribution in [0.5, 0.6) is 0 Å². The number of benzene rings is 1. The molecular formula is C12H13ClFN3. The lowest BCUT2D eigenvalue weighted by Gasteiger charge is -2.06. The van der Waals surface area contributed by atoms with E-state index in [1.165, 1.54) is 6.07 Å². The van der Waals surface area contributed by atoms with Gasteiger partial charge in [-0.25, -0.2) is 4.39 Å². The van der Waals surface area contributed by atoms with E-state index in [2.05, 4.69) is 5.10 Å². The maximum Gasteiger partial charge on any atom is 0.129 e. The zero-order valence-electron chi connectivity index (χ0n) is 9.40. The Morgan fingerprint density at radius 3 is 2.88 bits per heavy atom. The summed E-state index contributed by atoms with van der Waals surface area (Å²) in [5, 5.41) is 4.53. The van der Waals surface area contributed by atoms with E-state index in [0.717, 1.165) is 5.56 Å². The Kier molecular flexibility index (Phi) is 3.45. The quantitative estimate of drug-likeness (QED) is 0.914.